The largest absolute Gasteiger partial charge is 0.460 e. The van der Waals surface area contributed by atoms with Crippen LogP contribution in [0.2, 0.25) is 0 Å². The molecule has 0 aliphatic carbocycles. The van der Waals surface area contributed by atoms with Gasteiger partial charge in [-0.05, 0) is 42.3 Å². The third-order valence-electron chi connectivity index (χ3n) is 5.23. The van der Waals surface area contributed by atoms with Crippen molar-refractivity contribution in [3.63, 3.8) is 0 Å². The second-order valence-electron chi connectivity index (χ2n) is 8.17. The Morgan fingerprint density at radius 1 is 0.405 bits per heavy atom. The fraction of sp³-hybridized carbons (Fsp3) is 1.00. The van der Waals surface area contributed by atoms with E-state index in [1.807, 2.05) is 0 Å². The molecule has 0 atom stereocenters. The first-order valence-electron chi connectivity index (χ1n) is 9.34. The van der Waals surface area contributed by atoms with E-state index in [4.69, 9.17) is 0 Å². The first-order valence-corrected chi connectivity index (χ1v) is 11.0. The molecule has 226 valence electrons. The number of hydrogen-bond acceptors (Lipinski definition) is 3. The summed E-state index contributed by atoms with van der Waals surface area (Å²) >= 11 is 0. The van der Waals surface area contributed by atoms with Crippen LogP contribution in [0.1, 0.15) is 6.42 Å². The second-order valence-corrected chi connectivity index (χ2v) is 12.0. The van der Waals surface area contributed by atoms with Gasteiger partial charge in [0.15, 0.2) is 0 Å². The summed E-state index contributed by atoms with van der Waals surface area (Å²) in [5.74, 6) is -57.4. The molecule has 0 aromatic rings. The summed E-state index contributed by atoms with van der Waals surface area (Å²) in [5.41, 5.74) is 0. The number of nitrogens with zero attached hydrogens (tertiary/aromatic N) is 3. The summed E-state index contributed by atoms with van der Waals surface area (Å²) in [7, 11) is 4.29. The van der Waals surface area contributed by atoms with Crippen LogP contribution in [-0.2, 0) is 0 Å². The zero-order chi connectivity index (χ0) is 30.6. The van der Waals surface area contributed by atoms with E-state index in [0.29, 0.717) is 0 Å². The highest BCUT2D eigenvalue weighted by molar-refractivity contribution is 8.27. The van der Waals surface area contributed by atoms with Crippen LogP contribution < -0.4 is 0 Å². The van der Waals surface area contributed by atoms with Gasteiger partial charge >= 0.3 is 47.6 Å². The van der Waals surface area contributed by atoms with Crippen LogP contribution in [0.5, 0.6) is 0 Å². The quantitative estimate of drug-likeness (QED) is 0.230. The molecule has 0 aliphatic rings. The summed E-state index contributed by atoms with van der Waals surface area (Å²) in [6, 6.07) is 0. The first-order chi connectivity index (χ1) is 15.8. The predicted molar refractivity (Wildman–Crippen MR) is 98.8 cm³/mol. The lowest BCUT2D eigenvalue weighted by molar-refractivity contribution is -0.461. The third-order valence-corrected chi connectivity index (χ3v) is 9.49. The Hall–Kier alpha value is -0.960. The summed E-state index contributed by atoms with van der Waals surface area (Å²) in [5, 5.41) is 0. The fourth-order valence-corrected chi connectivity index (χ4v) is 6.73. The van der Waals surface area contributed by atoms with Crippen molar-refractivity contribution >= 4 is 10.6 Å². The average Bonchev–Trinajstić information content (AvgIpc) is 2.65. The molecule has 0 spiro atoms. The van der Waals surface area contributed by atoms with E-state index in [0.717, 1.165) is 12.9 Å². The highest BCUT2D eigenvalue weighted by Gasteiger charge is 2.95. The highest BCUT2D eigenvalue weighted by atomic mass is 32.3. The molecule has 0 unspecified atom stereocenters. The van der Waals surface area contributed by atoms with Crippen LogP contribution in [0.3, 0.4) is 0 Å². The SMILES string of the molecule is CN(C)S(CCC(F)(F)C(F)(F)C(F)(F)C(F)(F)C(F)(F)C(F)(F)C(F)(F)C(F)(F)F)(N(C)C)N(C)C. The van der Waals surface area contributed by atoms with Gasteiger partial charge in [0.25, 0.3) is 0 Å². The molecule has 0 aromatic carbocycles. The lowest BCUT2D eigenvalue weighted by Gasteiger charge is -2.55. The van der Waals surface area contributed by atoms with Crippen LogP contribution in [-0.4, -0.2) is 109 Å². The van der Waals surface area contributed by atoms with Crippen molar-refractivity contribution in [1.29, 1.82) is 0 Å². The van der Waals surface area contributed by atoms with E-state index >= 15 is 0 Å². The molecular formula is C16H22F17N3S. The van der Waals surface area contributed by atoms with Crippen LogP contribution in [0.25, 0.3) is 0 Å². The number of rotatable bonds is 12. The molecule has 0 rings (SSSR count). The van der Waals surface area contributed by atoms with Crippen LogP contribution >= 0.6 is 10.6 Å². The molecule has 0 heterocycles. The normalized spacial score (nSPS) is 16.8. The molecule has 0 bridgehead atoms. The Kier molecular flexibility index (Phi) is 9.64. The van der Waals surface area contributed by atoms with Gasteiger partial charge in [0.2, 0.25) is 0 Å². The standard InChI is InChI=1S/C16H22F17N3S/c1-34(2)37(35(3)4,36(5)6)8-7-9(17,18)10(19,20)11(21,22)12(23,24)13(25,26)14(27,28)15(29,30)16(31,32)33/h7-8H2,1-6H3. The Bertz CT molecular complexity index is 770. The van der Waals surface area contributed by atoms with Gasteiger partial charge in [-0.15, -0.1) is 0 Å². The lowest BCUT2D eigenvalue weighted by Crippen LogP contribution is -2.74. The molecule has 0 N–H and O–H groups in total. The van der Waals surface area contributed by atoms with Crippen molar-refractivity contribution in [2.45, 2.75) is 54.1 Å². The fourth-order valence-electron chi connectivity index (χ4n) is 3.15. The van der Waals surface area contributed by atoms with E-state index < -0.39 is 70.4 Å². The predicted octanol–water partition coefficient (Wildman–Crippen LogP) is 6.62. The Morgan fingerprint density at radius 2 is 0.649 bits per heavy atom. The number of hydrogen-bond donors (Lipinski definition) is 0. The van der Waals surface area contributed by atoms with Crippen molar-refractivity contribution < 1.29 is 74.6 Å². The van der Waals surface area contributed by atoms with E-state index in [9.17, 15) is 74.6 Å². The zero-order valence-corrected chi connectivity index (χ0v) is 20.4. The van der Waals surface area contributed by atoms with Gasteiger partial charge in [-0.1, -0.05) is 10.6 Å². The van der Waals surface area contributed by atoms with Gasteiger partial charge in [-0.25, -0.2) is 0 Å². The monoisotopic (exact) mass is 611 g/mol. The van der Waals surface area contributed by atoms with Crippen molar-refractivity contribution in [3.8, 4) is 0 Å². The Morgan fingerprint density at radius 3 is 0.892 bits per heavy atom. The van der Waals surface area contributed by atoms with Crippen molar-refractivity contribution in [2.75, 3.05) is 48.0 Å². The topological polar surface area (TPSA) is 9.72 Å². The van der Waals surface area contributed by atoms with E-state index in [2.05, 4.69) is 0 Å². The Balaban J connectivity index is 6.72. The third kappa shape index (κ3) is 5.05. The number of halogens is 17. The molecule has 0 saturated carbocycles. The minimum atomic E-state index is -8.62. The van der Waals surface area contributed by atoms with Gasteiger partial charge < -0.3 is 0 Å². The zero-order valence-electron chi connectivity index (χ0n) is 19.6. The molecule has 0 aliphatic heterocycles. The summed E-state index contributed by atoms with van der Waals surface area (Å²) < 4.78 is 231. The van der Waals surface area contributed by atoms with Crippen molar-refractivity contribution in [3.05, 3.63) is 0 Å². The van der Waals surface area contributed by atoms with Gasteiger partial charge in [0.05, 0.1) is 0 Å². The maximum atomic E-state index is 14.3. The van der Waals surface area contributed by atoms with Crippen LogP contribution in [0.15, 0.2) is 0 Å². The first kappa shape index (κ1) is 36.0. The lowest BCUT2D eigenvalue weighted by atomic mass is 9.88. The van der Waals surface area contributed by atoms with Gasteiger partial charge in [0, 0.05) is 12.2 Å². The van der Waals surface area contributed by atoms with E-state index in [-0.39, 0.29) is 0 Å². The summed E-state index contributed by atoms with van der Waals surface area (Å²) in [4.78, 5) is 0. The molecule has 0 saturated heterocycles. The molecule has 37 heavy (non-hydrogen) atoms. The van der Waals surface area contributed by atoms with E-state index in [1.165, 1.54) is 42.3 Å². The maximum absolute atomic E-state index is 14.3. The highest BCUT2D eigenvalue weighted by Crippen LogP contribution is 2.65. The van der Waals surface area contributed by atoms with Gasteiger partial charge in [-0.3, -0.25) is 12.9 Å². The average molecular weight is 611 g/mol. The molecule has 0 fully saturated rings. The van der Waals surface area contributed by atoms with Crippen LogP contribution in [0.4, 0.5) is 74.6 Å². The molecular weight excluding hydrogens is 589 g/mol. The smallest absolute Gasteiger partial charge is 0.251 e. The molecule has 21 heteroatoms. The van der Waals surface area contributed by atoms with E-state index in [1.54, 1.807) is 0 Å². The summed E-state index contributed by atoms with van der Waals surface area (Å²) in [6.07, 6.45) is -10.2. The minimum Gasteiger partial charge on any atom is -0.251 e. The maximum Gasteiger partial charge on any atom is 0.460 e. The Labute approximate surface area is 201 Å². The van der Waals surface area contributed by atoms with Crippen molar-refractivity contribution in [1.82, 2.24) is 12.9 Å². The van der Waals surface area contributed by atoms with Crippen LogP contribution in [0, 0.1) is 0 Å². The summed E-state index contributed by atoms with van der Waals surface area (Å²) in [6.45, 7) is 0. The molecule has 0 aromatic heterocycles. The van der Waals surface area contributed by atoms with Gasteiger partial charge in [0.1, 0.15) is 0 Å². The number of alkyl halides is 17. The molecule has 0 radical (unpaired) electrons. The minimum absolute atomic E-state index is 1.14. The van der Waals surface area contributed by atoms with Crippen molar-refractivity contribution in [2.24, 2.45) is 0 Å². The molecule has 0 amide bonds. The molecule has 3 nitrogen and oxygen atoms in total. The second kappa shape index (κ2) is 9.90. The van der Waals surface area contributed by atoms with Gasteiger partial charge in [-0.2, -0.15) is 74.6 Å².